The van der Waals surface area contributed by atoms with Crippen molar-refractivity contribution in [1.82, 2.24) is 4.31 Å². The van der Waals surface area contributed by atoms with Gasteiger partial charge in [-0.15, -0.1) is 11.8 Å². The molecule has 0 saturated carbocycles. The summed E-state index contributed by atoms with van der Waals surface area (Å²) in [4.78, 5) is 1.01. The topological polar surface area (TPSA) is 63.4 Å². The molecule has 0 aromatic heterocycles. The van der Waals surface area contributed by atoms with Gasteiger partial charge in [-0.3, -0.25) is 0 Å². The summed E-state index contributed by atoms with van der Waals surface area (Å²) in [5, 5.41) is 0. The number of hydrogen-bond donors (Lipinski definition) is 1. The van der Waals surface area contributed by atoms with Crippen LogP contribution in [0.3, 0.4) is 0 Å². The van der Waals surface area contributed by atoms with E-state index in [-0.39, 0.29) is 4.90 Å². The first-order valence-electron chi connectivity index (χ1n) is 5.70. The van der Waals surface area contributed by atoms with Crippen LogP contribution in [0.2, 0.25) is 0 Å². The van der Waals surface area contributed by atoms with Gasteiger partial charge in [-0.1, -0.05) is 19.9 Å². The van der Waals surface area contributed by atoms with Crippen molar-refractivity contribution in [3.05, 3.63) is 18.2 Å². The van der Waals surface area contributed by atoms with Gasteiger partial charge in [-0.05, 0) is 18.1 Å². The van der Waals surface area contributed by atoms with Crippen molar-refractivity contribution in [3.63, 3.8) is 0 Å². The van der Waals surface area contributed by atoms with Crippen LogP contribution in [0.25, 0.3) is 0 Å². The Morgan fingerprint density at radius 3 is 2.44 bits per heavy atom. The molecule has 1 aromatic carbocycles. The van der Waals surface area contributed by atoms with Crippen LogP contribution >= 0.6 is 11.8 Å². The first-order valence-corrected chi connectivity index (χ1v) is 8.13. The van der Waals surface area contributed by atoms with E-state index >= 15 is 0 Å². The summed E-state index contributed by atoms with van der Waals surface area (Å²) >= 11 is 1.59. The number of rotatable bonds is 5. The highest BCUT2D eigenvalue weighted by Crippen LogP contribution is 2.32. The Morgan fingerprint density at radius 2 is 1.94 bits per heavy atom. The Kier molecular flexibility index (Phi) is 5.07. The molecule has 0 atom stereocenters. The highest BCUT2D eigenvalue weighted by Gasteiger charge is 2.21. The van der Waals surface area contributed by atoms with Crippen molar-refractivity contribution in [2.75, 3.05) is 25.6 Å². The largest absolute Gasteiger partial charge is 0.397 e. The summed E-state index contributed by atoms with van der Waals surface area (Å²) in [6.07, 6.45) is 0. The normalized spacial score (nSPS) is 12.3. The van der Waals surface area contributed by atoms with Crippen molar-refractivity contribution in [1.29, 1.82) is 0 Å². The van der Waals surface area contributed by atoms with Crippen molar-refractivity contribution in [2.24, 2.45) is 5.92 Å². The molecule has 6 heteroatoms. The zero-order valence-corrected chi connectivity index (χ0v) is 12.8. The molecule has 0 spiro atoms. The molecule has 2 N–H and O–H groups in total. The minimum Gasteiger partial charge on any atom is -0.397 e. The smallest absolute Gasteiger partial charge is 0.244 e. The summed E-state index contributed by atoms with van der Waals surface area (Å²) in [6.45, 7) is 4.23. The monoisotopic (exact) mass is 288 g/mol. The SMILES string of the molecule is CC(C)CSc1cccc(S(=O)(=O)N(C)C)c1N. The number of benzene rings is 1. The van der Waals surface area contributed by atoms with Crippen LogP contribution in [0.4, 0.5) is 5.69 Å². The van der Waals surface area contributed by atoms with Crippen molar-refractivity contribution in [2.45, 2.75) is 23.6 Å². The van der Waals surface area contributed by atoms with Crippen molar-refractivity contribution in [3.8, 4) is 0 Å². The lowest BCUT2D eigenvalue weighted by Crippen LogP contribution is -2.23. The second-order valence-electron chi connectivity index (χ2n) is 4.66. The zero-order valence-electron chi connectivity index (χ0n) is 11.2. The van der Waals surface area contributed by atoms with E-state index in [9.17, 15) is 8.42 Å². The number of anilines is 1. The number of sulfonamides is 1. The number of thioether (sulfide) groups is 1. The summed E-state index contributed by atoms with van der Waals surface area (Å²) < 4.78 is 25.3. The quantitative estimate of drug-likeness (QED) is 0.667. The number of hydrogen-bond acceptors (Lipinski definition) is 4. The lowest BCUT2D eigenvalue weighted by molar-refractivity contribution is 0.521. The predicted molar refractivity (Wildman–Crippen MR) is 77.3 cm³/mol. The highest BCUT2D eigenvalue weighted by molar-refractivity contribution is 7.99. The molecule has 0 heterocycles. The van der Waals surface area contributed by atoms with E-state index in [1.165, 1.54) is 18.4 Å². The Morgan fingerprint density at radius 1 is 1.33 bits per heavy atom. The van der Waals surface area contributed by atoms with E-state index in [2.05, 4.69) is 13.8 Å². The standard InChI is InChI=1S/C12H20N2O2S2/c1-9(2)8-17-10-6-5-7-11(12(10)13)18(15,16)14(3)4/h5-7,9H,8,13H2,1-4H3. The van der Waals surface area contributed by atoms with E-state index < -0.39 is 10.0 Å². The maximum absolute atomic E-state index is 12.1. The van der Waals surface area contributed by atoms with Gasteiger partial charge in [-0.25, -0.2) is 12.7 Å². The lowest BCUT2D eigenvalue weighted by atomic mass is 10.3. The Bertz CT molecular complexity index is 511. The number of nitrogen functional groups attached to an aromatic ring is 1. The fourth-order valence-corrected chi connectivity index (χ4v) is 3.38. The first kappa shape index (κ1) is 15.3. The van der Waals surface area contributed by atoms with Crippen LogP contribution in [-0.4, -0.2) is 32.6 Å². The van der Waals surface area contributed by atoms with Crippen LogP contribution in [0.15, 0.2) is 28.0 Å². The molecule has 102 valence electrons. The van der Waals surface area contributed by atoms with Crippen molar-refractivity contribution >= 4 is 27.5 Å². The summed E-state index contributed by atoms with van der Waals surface area (Å²) in [6, 6.07) is 5.14. The maximum Gasteiger partial charge on any atom is 0.244 e. The molecule has 0 aliphatic heterocycles. The summed E-state index contributed by atoms with van der Waals surface area (Å²) in [5.41, 5.74) is 6.31. The molecule has 0 aliphatic rings. The Balaban J connectivity index is 3.14. The van der Waals surface area contributed by atoms with E-state index in [1.807, 2.05) is 6.07 Å². The number of nitrogens with two attached hydrogens (primary N) is 1. The number of nitrogens with zero attached hydrogens (tertiary/aromatic N) is 1. The molecule has 1 rings (SSSR count). The van der Waals surface area contributed by atoms with Gasteiger partial charge < -0.3 is 5.73 Å². The van der Waals surface area contributed by atoms with Gasteiger partial charge in [0.25, 0.3) is 0 Å². The van der Waals surface area contributed by atoms with Crippen LogP contribution in [0.5, 0.6) is 0 Å². The molecule has 0 fully saturated rings. The Hall–Kier alpha value is -0.720. The van der Waals surface area contributed by atoms with Gasteiger partial charge >= 0.3 is 0 Å². The van der Waals surface area contributed by atoms with Gasteiger partial charge in [0.1, 0.15) is 4.90 Å². The molecule has 0 aliphatic carbocycles. The zero-order chi connectivity index (χ0) is 13.9. The first-order chi connectivity index (χ1) is 8.26. The predicted octanol–water partition coefficient (Wildman–Crippen LogP) is 2.27. The van der Waals surface area contributed by atoms with Crippen LogP contribution < -0.4 is 5.73 Å². The molecule has 1 aromatic rings. The summed E-state index contributed by atoms with van der Waals surface area (Å²) in [7, 11) is -0.468. The third kappa shape index (κ3) is 3.40. The molecule has 0 unspecified atom stereocenters. The fourth-order valence-electron chi connectivity index (χ4n) is 1.33. The van der Waals surface area contributed by atoms with Crippen LogP contribution in [0, 0.1) is 5.92 Å². The average Bonchev–Trinajstić information content (AvgIpc) is 2.27. The molecule has 0 amide bonds. The minimum atomic E-state index is -3.47. The molecule has 0 bridgehead atoms. The van der Waals surface area contributed by atoms with Crippen LogP contribution in [0.1, 0.15) is 13.8 Å². The van der Waals surface area contributed by atoms with Gasteiger partial charge in [0.15, 0.2) is 0 Å². The molecule has 0 saturated heterocycles. The maximum atomic E-state index is 12.1. The molecule has 18 heavy (non-hydrogen) atoms. The van der Waals surface area contributed by atoms with E-state index in [4.69, 9.17) is 5.73 Å². The van der Waals surface area contributed by atoms with Gasteiger partial charge in [-0.2, -0.15) is 0 Å². The molecule has 0 radical (unpaired) electrons. The number of para-hydroxylation sites is 1. The lowest BCUT2D eigenvalue weighted by Gasteiger charge is -2.15. The fraction of sp³-hybridized carbons (Fsp3) is 0.500. The molecular weight excluding hydrogens is 268 g/mol. The van der Waals surface area contributed by atoms with Gasteiger partial charge in [0, 0.05) is 24.7 Å². The minimum absolute atomic E-state index is 0.182. The summed E-state index contributed by atoms with van der Waals surface area (Å²) in [5.74, 6) is 1.44. The molecule has 4 nitrogen and oxygen atoms in total. The second-order valence-corrected chi connectivity index (χ2v) is 7.84. The van der Waals surface area contributed by atoms with Crippen molar-refractivity contribution < 1.29 is 8.42 Å². The van der Waals surface area contributed by atoms with Gasteiger partial charge in [0.2, 0.25) is 10.0 Å². The van der Waals surface area contributed by atoms with E-state index in [0.29, 0.717) is 11.6 Å². The molecular formula is C12H20N2O2S2. The second kappa shape index (κ2) is 5.95. The third-order valence-electron chi connectivity index (χ3n) is 2.36. The Labute approximate surface area is 114 Å². The average molecular weight is 288 g/mol. The van der Waals surface area contributed by atoms with E-state index in [1.54, 1.807) is 23.9 Å². The van der Waals surface area contributed by atoms with E-state index in [0.717, 1.165) is 10.6 Å². The van der Waals surface area contributed by atoms with Crippen LogP contribution in [-0.2, 0) is 10.0 Å². The van der Waals surface area contributed by atoms with Gasteiger partial charge in [0.05, 0.1) is 5.69 Å². The highest BCUT2D eigenvalue weighted by atomic mass is 32.2. The third-order valence-corrected chi connectivity index (χ3v) is 5.73.